The largest absolute Gasteiger partial charge is 0.508 e. The second kappa shape index (κ2) is 11.1. The molecule has 1 aliphatic carbocycles. The molecule has 200 valence electrons. The van der Waals surface area contributed by atoms with E-state index in [0.29, 0.717) is 24.1 Å². The number of phenols is 1. The number of hydrogen-bond donors (Lipinski definition) is 4. The first-order chi connectivity index (χ1) is 18.1. The minimum atomic E-state index is -1.32. The van der Waals surface area contributed by atoms with Gasteiger partial charge in [0.25, 0.3) is 5.91 Å². The Morgan fingerprint density at radius 2 is 1.71 bits per heavy atom. The fourth-order valence-electron chi connectivity index (χ4n) is 4.30. The van der Waals surface area contributed by atoms with E-state index in [1.807, 2.05) is 36.4 Å². The highest BCUT2D eigenvalue weighted by molar-refractivity contribution is 6.00. The van der Waals surface area contributed by atoms with E-state index in [9.17, 15) is 24.6 Å². The molecule has 0 bridgehead atoms. The van der Waals surface area contributed by atoms with Crippen molar-refractivity contribution >= 4 is 34.4 Å². The van der Waals surface area contributed by atoms with E-state index in [2.05, 4.69) is 10.6 Å². The summed E-state index contributed by atoms with van der Waals surface area (Å²) >= 11 is 0. The number of carbonyl (C=O) groups is 3. The van der Waals surface area contributed by atoms with E-state index in [4.69, 9.17) is 4.74 Å². The Balaban J connectivity index is 1.66. The number of aliphatic hydroxyl groups is 1. The molecule has 1 fully saturated rings. The van der Waals surface area contributed by atoms with Gasteiger partial charge in [-0.3, -0.25) is 9.59 Å². The number of anilines is 1. The molecule has 38 heavy (non-hydrogen) atoms. The number of hydrogen-bond acceptors (Lipinski definition) is 6. The minimum absolute atomic E-state index is 0.0558. The molecule has 0 radical (unpaired) electrons. The van der Waals surface area contributed by atoms with Crippen LogP contribution in [0.4, 0.5) is 10.5 Å². The summed E-state index contributed by atoms with van der Waals surface area (Å²) in [4.78, 5) is 41.3. The summed E-state index contributed by atoms with van der Waals surface area (Å²) in [5.41, 5.74) is 0.151. The molecule has 0 saturated heterocycles. The monoisotopic (exact) mass is 519 g/mol. The number of rotatable bonds is 8. The predicted octanol–water partition coefficient (Wildman–Crippen LogP) is 4.10. The molecule has 9 nitrogen and oxygen atoms in total. The molecule has 2 unspecified atom stereocenters. The number of carbonyl (C=O) groups excluding carboxylic acids is 3. The summed E-state index contributed by atoms with van der Waals surface area (Å²) in [5.74, 6) is -1.16. The van der Waals surface area contributed by atoms with Gasteiger partial charge < -0.3 is 30.5 Å². The van der Waals surface area contributed by atoms with Crippen molar-refractivity contribution in [2.45, 2.75) is 57.3 Å². The van der Waals surface area contributed by atoms with Gasteiger partial charge in [0.05, 0.1) is 6.61 Å². The first-order valence-electron chi connectivity index (χ1n) is 12.6. The molecule has 4 rings (SSSR count). The lowest BCUT2D eigenvalue weighted by molar-refractivity contribution is -0.142. The van der Waals surface area contributed by atoms with Crippen LogP contribution in [0.1, 0.15) is 45.2 Å². The van der Waals surface area contributed by atoms with Gasteiger partial charge in [-0.2, -0.15) is 0 Å². The van der Waals surface area contributed by atoms with Crippen molar-refractivity contribution in [2.24, 2.45) is 0 Å². The maximum atomic E-state index is 13.8. The molecule has 1 aliphatic rings. The average Bonchev–Trinajstić information content (AvgIpc) is 3.69. The Hall–Kier alpha value is -4.11. The van der Waals surface area contributed by atoms with Crippen LogP contribution in [0.3, 0.4) is 0 Å². The molecule has 0 aliphatic heterocycles. The number of ether oxygens (including phenoxy) is 1. The molecule has 0 heterocycles. The van der Waals surface area contributed by atoms with E-state index in [1.165, 1.54) is 17.0 Å². The van der Waals surface area contributed by atoms with Crippen molar-refractivity contribution in [3.8, 4) is 5.75 Å². The van der Waals surface area contributed by atoms with Crippen LogP contribution in [0.5, 0.6) is 5.75 Å². The van der Waals surface area contributed by atoms with E-state index in [1.54, 1.807) is 39.0 Å². The number of fused-ring (bicyclic) bond motifs is 1. The lowest BCUT2D eigenvalue weighted by atomic mass is 10.0. The fraction of sp³-hybridized carbons (Fsp3) is 0.345. The number of aromatic hydroxyl groups is 1. The number of nitrogens with zero attached hydrogens (tertiary/aromatic N) is 1. The number of alkyl carbamates (subject to hydrolysis) is 1. The van der Waals surface area contributed by atoms with Gasteiger partial charge in [-0.05, 0) is 74.2 Å². The van der Waals surface area contributed by atoms with Gasteiger partial charge >= 0.3 is 6.09 Å². The average molecular weight is 520 g/mol. The van der Waals surface area contributed by atoms with Crippen LogP contribution in [0, 0.1) is 0 Å². The quantitative estimate of drug-likeness (QED) is 0.355. The van der Waals surface area contributed by atoms with Gasteiger partial charge in [-0.25, -0.2) is 4.79 Å². The lowest BCUT2D eigenvalue weighted by Crippen LogP contribution is -2.54. The Bertz CT molecular complexity index is 1330. The first-order valence-corrected chi connectivity index (χ1v) is 12.6. The van der Waals surface area contributed by atoms with Crippen LogP contribution in [-0.4, -0.2) is 57.3 Å². The third-order valence-electron chi connectivity index (χ3n) is 6.10. The van der Waals surface area contributed by atoms with Gasteiger partial charge in [-0.15, -0.1) is 0 Å². The number of amides is 3. The first kappa shape index (κ1) is 26.9. The SMILES string of the molecule is CC(C)(C)OC(=O)NC(CO)C(=O)N(C1CC1)C(C(=O)Nc1ccc2ccccc2c1)c1cccc(O)c1. The van der Waals surface area contributed by atoms with Gasteiger partial charge in [0, 0.05) is 11.7 Å². The second-order valence-electron chi connectivity index (χ2n) is 10.4. The van der Waals surface area contributed by atoms with E-state index < -0.39 is 42.2 Å². The topological polar surface area (TPSA) is 128 Å². The van der Waals surface area contributed by atoms with Crippen LogP contribution in [-0.2, 0) is 14.3 Å². The van der Waals surface area contributed by atoms with E-state index in [0.717, 1.165) is 10.8 Å². The second-order valence-corrected chi connectivity index (χ2v) is 10.4. The van der Waals surface area contributed by atoms with E-state index in [-0.39, 0.29) is 11.8 Å². The molecular formula is C29H33N3O6. The highest BCUT2D eigenvalue weighted by atomic mass is 16.6. The summed E-state index contributed by atoms with van der Waals surface area (Å²) in [6, 6.07) is 16.7. The highest BCUT2D eigenvalue weighted by Gasteiger charge is 2.44. The predicted molar refractivity (Wildman–Crippen MR) is 144 cm³/mol. The maximum Gasteiger partial charge on any atom is 0.408 e. The number of nitrogens with one attached hydrogen (secondary N) is 2. The minimum Gasteiger partial charge on any atom is -0.508 e. The zero-order valence-corrected chi connectivity index (χ0v) is 21.7. The molecule has 0 spiro atoms. The van der Waals surface area contributed by atoms with Crippen molar-refractivity contribution < 1.29 is 29.3 Å². The molecule has 2 atom stereocenters. The van der Waals surface area contributed by atoms with Crippen LogP contribution in [0.15, 0.2) is 66.7 Å². The third kappa shape index (κ3) is 6.60. The Labute approximate surface area is 221 Å². The van der Waals surface area contributed by atoms with Crippen LogP contribution in [0.2, 0.25) is 0 Å². The number of aliphatic hydroxyl groups excluding tert-OH is 1. The lowest BCUT2D eigenvalue weighted by Gasteiger charge is -2.34. The Kier molecular flexibility index (Phi) is 7.87. The van der Waals surface area contributed by atoms with Crippen molar-refractivity contribution in [1.82, 2.24) is 10.2 Å². The molecule has 3 aromatic carbocycles. The number of phenolic OH excluding ortho intramolecular Hbond substituents is 1. The van der Waals surface area contributed by atoms with Crippen LogP contribution >= 0.6 is 0 Å². The Morgan fingerprint density at radius 1 is 1.00 bits per heavy atom. The fourth-order valence-corrected chi connectivity index (χ4v) is 4.30. The molecule has 3 amide bonds. The molecular weight excluding hydrogens is 486 g/mol. The van der Waals surface area contributed by atoms with Gasteiger partial charge in [0.15, 0.2) is 0 Å². The van der Waals surface area contributed by atoms with Crippen molar-refractivity contribution in [1.29, 1.82) is 0 Å². The van der Waals surface area contributed by atoms with Crippen LogP contribution < -0.4 is 10.6 Å². The van der Waals surface area contributed by atoms with Crippen LogP contribution in [0.25, 0.3) is 10.8 Å². The molecule has 1 saturated carbocycles. The smallest absolute Gasteiger partial charge is 0.408 e. The normalized spacial score (nSPS) is 14.8. The summed E-state index contributed by atoms with van der Waals surface area (Å²) in [6.45, 7) is 4.38. The zero-order valence-electron chi connectivity index (χ0n) is 21.7. The standard InChI is InChI=1S/C29H33N3O6/c1-29(2,3)38-28(37)31-24(17-33)27(36)32(22-13-14-22)25(20-9-6-10-23(34)16-20)26(35)30-21-12-11-18-7-4-5-8-19(18)15-21/h4-12,15-16,22,24-25,33-34H,13-14,17H2,1-3H3,(H,30,35)(H,31,37). The van der Waals surface area contributed by atoms with Gasteiger partial charge in [-0.1, -0.05) is 42.5 Å². The third-order valence-corrected chi connectivity index (χ3v) is 6.10. The van der Waals surface area contributed by atoms with Crippen molar-refractivity contribution in [3.05, 3.63) is 72.3 Å². The molecule has 3 aromatic rings. The van der Waals surface area contributed by atoms with Crippen molar-refractivity contribution in [3.63, 3.8) is 0 Å². The molecule has 4 N–H and O–H groups in total. The maximum absolute atomic E-state index is 13.8. The van der Waals surface area contributed by atoms with Gasteiger partial charge in [0.2, 0.25) is 5.91 Å². The zero-order chi connectivity index (χ0) is 27.4. The molecule has 9 heteroatoms. The Morgan fingerprint density at radius 3 is 2.34 bits per heavy atom. The molecule has 0 aromatic heterocycles. The highest BCUT2D eigenvalue weighted by Crippen LogP contribution is 2.37. The van der Waals surface area contributed by atoms with E-state index >= 15 is 0 Å². The summed E-state index contributed by atoms with van der Waals surface area (Å²) in [7, 11) is 0. The van der Waals surface area contributed by atoms with Gasteiger partial charge in [0.1, 0.15) is 23.4 Å². The summed E-state index contributed by atoms with van der Waals surface area (Å²) in [5, 5.41) is 27.5. The number of benzene rings is 3. The summed E-state index contributed by atoms with van der Waals surface area (Å²) < 4.78 is 5.25. The summed E-state index contributed by atoms with van der Waals surface area (Å²) in [6.07, 6.45) is 0.472. The van der Waals surface area contributed by atoms with Crippen molar-refractivity contribution in [2.75, 3.05) is 11.9 Å².